The van der Waals surface area contributed by atoms with Crippen molar-refractivity contribution in [3.8, 4) is 0 Å². The molecule has 0 saturated carbocycles. The molecule has 1 N–H and O–H groups in total. The molecule has 0 radical (unpaired) electrons. The lowest BCUT2D eigenvalue weighted by molar-refractivity contribution is -0.177. The molecule has 1 heterocycles. The van der Waals surface area contributed by atoms with Crippen molar-refractivity contribution in [1.82, 2.24) is 9.80 Å². The Balaban J connectivity index is 2.21. The van der Waals surface area contributed by atoms with Gasteiger partial charge in [-0.2, -0.15) is 13.2 Å². The van der Waals surface area contributed by atoms with Crippen LogP contribution in [0.2, 0.25) is 0 Å². The minimum Gasteiger partial charge on any atom is -0.393 e. The highest BCUT2D eigenvalue weighted by molar-refractivity contribution is 9.10. The molecule has 0 aliphatic carbocycles. The number of carbonyl (C=O) groups is 1. The van der Waals surface area contributed by atoms with E-state index in [0.717, 1.165) is 11.9 Å². The van der Waals surface area contributed by atoms with Gasteiger partial charge in [0.1, 0.15) is 0 Å². The molecule has 1 aliphatic heterocycles. The van der Waals surface area contributed by atoms with Crippen molar-refractivity contribution in [3.05, 3.63) is 34.3 Å². The molecule has 0 spiro atoms. The van der Waals surface area contributed by atoms with Crippen LogP contribution in [0.3, 0.4) is 0 Å². The van der Waals surface area contributed by atoms with E-state index in [-0.39, 0.29) is 18.7 Å². The van der Waals surface area contributed by atoms with Gasteiger partial charge in [-0.1, -0.05) is 28.1 Å². The van der Waals surface area contributed by atoms with Crippen molar-refractivity contribution in [2.45, 2.75) is 31.2 Å². The van der Waals surface area contributed by atoms with Crippen LogP contribution in [0.5, 0.6) is 0 Å². The van der Waals surface area contributed by atoms with Crippen LogP contribution in [-0.2, 0) is 0 Å². The molecule has 1 fully saturated rings. The van der Waals surface area contributed by atoms with E-state index in [4.69, 9.17) is 0 Å². The Morgan fingerprint density at radius 1 is 1.30 bits per heavy atom. The third-order valence-electron chi connectivity index (χ3n) is 3.92. The monoisotopic (exact) mass is 394 g/mol. The average Bonchev–Trinajstić information content (AvgIpc) is 2.48. The van der Waals surface area contributed by atoms with Gasteiger partial charge in [0.2, 0.25) is 0 Å². The Morgan fingerprint density at radius 2 is 1.83 bits per heavy atom. The van der Waals surface area contributed by atoms with E-state index in [1.807, 2.05) is 0 Å². The summed E-state index contributed by atoms with van der Waals surface area (Å²) in [5, 5.41) is 9.45. The molecule has 1 saturated heterocycles. The molecule has 1 aromatic carbocycles. The van der Waals surface area contributed by atoms with E-state index in [1.54, 1.807) is 0 Å². The first-order valence-electron chi connectivity index (χ1n) is 7.22. The smallest absolute Gasteiger partial charge is 0.393 e. The number of hydrogen-bond acceptors (Lipinski definition) is 2. The number of aliphatic hydroxyl groups excluding tert-OH is 1. The zero-order valence-electron chi connectivity index (χ0n) is 12.6. The highest BCUT2D eigenvalue weighted by Crippen LogP contribution is 2.38. The van der Waals surface area contributed by atoms with Gasteiger partial charge in [-0.3, -0.25) is 0 Å². The number of alkyl halides is 3. The third kappa shape index (κ3) is 4.38. The summed E-state index contributed by atoms with van der Waals surface area (Å²) < 4.78 is 41.1. The van der Waals surface area contributed by atoms with E-state index >= 15 is 0 Å². The molecule has 1 aromatic rings. The van der Waals surface area contributed by atoms with Gasteiger partial charge in [-0.05, 0) is 30.5 Å². The Bertz CT molecular complexity index is 543. The summed E-state index contributed by atoms with van der Waals surface area (Å²) in [4.78, 5) is 14.5. The number of halogens is 4. The summed E-state index contributed by atoms with van der Waals surface area (Å²) in [5.41, 5.74) is 0.00796. The molecule has 1 atom stereocenters. The second-order valence-electron chi connectivity index (χ2n) is 5.61. The fourth-order valence-corrected chi connectivity index (χ4v) is 2.93. The maximum atomic E-state index is 13.5. The summed E-state index contributed by atoms with van der Waals surface area (Å²) in [7, 11) is 1.16. The van der Waals surface area contributed by atoms with Gasteiger partial charge >= 0.3 is 12.2 Å². The van der Waals surface area contributed by atoms with Gasteiger partial charge in [0.05, 0.1) is 6.10 Å². The Morgan fingerprint density at radius 3 is 2.30 bits per heavy atom. The Labute approximate surface area is 141 Å². The fourth-order valence-electron chi connectivity index (χ4n) is 2.67. The van der Waals surface area contributed by atoms with Crippen LogP contribution in [-0.4, -0.2) is 53.4 Å². The van der Waals surface area contributed by atoms with E-state index in [9.17, 15) is 23.1 Å². The average molecular weight is 395 g/mol. The predicted molar refractivity (Wildman–Crippen MR) is 82.9 cm³/mol. The number of hydrogen-bond donors (Lipinski definition) is 1. The third-order valence-corrected chi connectivity index (χ3v) is 4.45. The first-order valence-corrected chi connectivity index (χ1v) is 8.01. The molecule has 128 valence electrons. The van der Waals surface area contributed by atoms with Gasteiger partial charge in [0.25, 0.3) is 0 Å². The zero-order valence-corrected chi connectivity index (χ0v) is 14.1. The number of urea groups is 1. The minimum atomic E-state index is -4.58. The molecule has 1 aliphatic rings. The fraction of sp³-hybridized carbons (Fsp3) is 0.533. The standard InChI is InChI=1S/C15H18BrF3N2O2/c1-20(14(23)21-8-6-12(22)7-9-21)13(15(17,18)19)10-2-4-11(16)5-3-10/h2-5,12-13,22H,6-9H2,1H3/t13-/m0/s1. The molecular weight excluding hydrogens is 377 g/mol. The molecule has 2 rings (SSSR count). The van der Waals surface area contributed by atoms with E-state index in [2.05, 4.69) is 15.9 Å². The summed E-state index contributed by atoms with van der Waals surface area (Å²) in [6.07, 6.45) is -4.30. The maximum absolute atomic E-state index is 13.5. The molecule has 4 nitrogen and oxygen atoms in total. The van der Waals surface area contributed by atoms with Crippen molar-refractivity contribution in [2.75, 3.05) is 20.1 Å². The van der Waals surface area contributed by atoms with Crippen molar-refractivity contribution >= 4 is 22.0 Å². The maximum Gasteiger partial charge on any atom is 0.413 e. The number of aliphatic hydroxyl groups is 1. The van der Waals surface area contributed by atoms with E-state index < -0.39 is 24.4 Å². The van der Waals surface area contributed by atoms with Crippen LogP contribution in [0.4, 0.5) is 18.0 Å². The Hall–Kier alpha value is -1.28. The van der Waals surface area contributed by atoms with Crippen LogP contribution in [0.25, 0.3) is 0 Å². The van der Waals surface area contributed by atoms with Crippen LogP contribution < -0.4 is 0 Å². The highest BCUT2D eigenvalue weighted by atomic mass is 79.9. The van der Waals surface area contributed by atoms with Crippen LogP contribution in [0, 0.1) is 0 Å². The number of piperidine rings is 1. The van der Waals surface area contributed by atoms with E-state index in [0.29, 0.717) is 17.3 Å². The molecule has 2 amide bonds. The van der Waals surface area contributed by atoms with E-state index in [1.165, 1.54) is 29.2 Å². The summed E-state index contributed by atoms with van der Waals surface area (Å²) >= 11 is 3.19. The first-order chi connectivity index (χ1) is 10.7. The van der Waals surface area contributed by atoms with Crippen molar-refractivity contribution in [1.29, 1.82) is 0 Å². The molecule has 23 heavy (non-hydrogen) atoms. The molecule has 0 bridgehead atoms. The van der Waals surface area contributed by atoms with Crippen LogP contribution in [0.1, 0.15) is 24.4 Å². The van der Waals surface area contributed by atoms with Crippen LogP contribution in [0.15, 0.2) is 28.7 Å². The van der Waals surface area contributed by atoms with Crippen LogP contribution >= 0.6 is 15.9 Å². The largest absolute Gasteiger partial charge is 0.413 e. The molecular formula is C15H18BrF3N2O2. The number of benzene rings is 1. The van der Waals surface area contributed by atoms with Gasteiger partial charge in [0.15, 0.2) is 6.04 Å². The minimum absolute atomic E-state index is 0.00796. The number of carbonyl (C=O) groups excluding carboxylic acids is 1. The first kappa shape index (κ1) is 18.1. The van der Waals surface area contributed by atoms with Crippen molar-refractivity contribution < 1.29 is 23.1 Å². The number of likely N-dealkylation sites (tertiary alicyclic amines) is 1. The normalized spacial score (nSPS) is 17.9. The molecule has 8 heteroatoms. The van der Waals surface area contributed by atoms with Gasteiger partial charge in [-0.15, -0.1) is 0 Å². The van der Waals surface area contributed by atoms with Gasteiger partial charge < -0.3 is 14.9 Å². The highest BCUT2D eigenvalue weighted by Gasteiger charge is 2.46. The lowest BCUT2D eigenvalue weighted by Gasteiger charge is -2.37. The van der Waals surface area contributed by atoms with Gasteiger partial charge in [0, 0.05) is 24.6 Å². The number of rotatable bonds is 2. The van der Waals surface area contributed by atoms with Gasteiger partial charge in [-0.25, -0.2) is 4.79 Å². The second kappa shape index (κ2) is 7.09. The summed E-state index contributed by atoms with van der Waals surface area (Å²) in [6, 6.07) is 3.06. The SMILES string of the molecule is CN(C(=O)N1CCC(O)CC1)[C@@H](c1ccc(Br)cc1)C(F)(F)F. The lowest BCUT2D eigenvalue weighted by atomic mass is 10.0. The molecule has 0 aromatic heterocycles. The lowest BCUT2D eigenvalue weighted by Crippen LogP contribution is -2.49. The van der Waals surface area contributed by atoms with Crippen molar-refractivity contribution in [2.24, 2.45) is 0 Å². The summed E-state index contributed by atoms with van der Waals surface area (Å²) in [6.45, 7) is 0.518. The molecule has 0 unspecified atom stereocenters. The topological polar surface area (TPSA) is 43.8 Å². The zero-order chi connectivity index (χ0) is 17.2. The Kier molecular flexibility index (Phi) is 5.57. The number of amides is 2. The second-order valence-corrected chi connectivity index (χ2v) is 6.52. The number of nitrogens with zero attached hydrogens (tertiary/aromatic N) is 2. The summed E-state index contributed by atoms with van der Waals surface area (Å²) in [5.74, 6) is 0. The quantitative estimate of drug-likeness (QED) is 0.833. The van der Waals surface area contributed by atoms with Crippen molar-refractivity contribution in [3.63, 3.8) is 0 Å². The predicted octanol–water partition coefficient (Wildman–Crippen LogP) is 3.56.